The normalized spacial score (nSPS) is 10.9. The standard InChI is InChI=1S/C8H5ClFNO2S/c9-7-5-6(3-4-11)1-2-8(7)14(10,12)13/h1-2,5H,3H2. The third-order valence-electron chi connectivity index (χ3n) is 1.54. The first-order valence-electron chi connectivity index (χ1n) is 3.55. The Morgan fingerprint density at radius 2 is 2.14 bits per heavy atom. The largest absolute Gasteiger partial charge is 0.333 e. The molecule has 0 aromatic heterocycles. The van der Waals surface area contributed by atoms with Gasteiger partial charge in [-0.15, -0.1) is 3.89 Å². The van der Waals surface area contributed by atoms with Crippen molar-refractivity contribution in [3.05, 3.63) is 28.8 Å². The Kier molecular flexibility index (Phi) is 3.09. The molecule has 74 valence electrons. The second-order valence-electron chi connectivity index (χ2n) is 2.54. The zero-order valence-electron chi connectivity index (χ0n) is 6.87. The van der Waals surface area contributed by atoms with E-state index in [0.717, 1.165) is 6.07 Å². The van der Waals surface area contributed by atoms with Crippen molar-refractivity contribution < 1.29 is 12.3 Å². The molecular formula is C8H5ClFNO2S. The summed E-state index contributed by atoms with van der Waals surface area (Å²) in [7, 11) is -4.78. The number of hydrogen-bond acceptors (Lipinski definition) is 3. The topological polar surface area (TPSA) is 57.9 Å². The SMILES string of the molecule is N#CCc1ccc(S(=O)(=O)F)c(Cl)c1. The second-order valence-corrected chi connectivity index (χ2v) is 4.26. The van der Waals surface area contributed by atoms with Crippen molar-refractivity contribution in [2.75, 3.05) is 0 Å². The molecule has 0 amide bonds. The molecule has 1 aromatic rings. The second kappa shape index (κ2) is 3.95. The van der Waals surface area contributed by atoms with Gasteiger partial charge in [-0.3, -0.25) is 0 Å². The number of hydrogen-bond donors (Lipinski definition) is 0. The van der Waals surface area contributed by atoms with Gasteiger partial charge in [-0.25, -0.2) is 0 Å². The molecule has 0 saturated carbocycles. The summed E-state index contributed by atoms with van der Waals surface area (Å²) in [5, 5.41) is 8.15. The molecule has 0 spiro atoms. The predicted molar refractivity (Wildman–Crippen MR) is 49.1 cm³/mol. The summed E-state index contributed by atoms with van der Waals surface area (Å²) in [5.41, 5.74) is 0.546. The van der Waals surface area contributed by atoms with Crippen LogP contribution in [0, 0.1) is 11.3 Å². The van der Waals surface area contributed by atoms with E-state index >= 15 is 0 Å². The van der Waals surface area contributed by atoms with E-state index in [0.29, 0.717) is 5.56 Å². The Morgan fingerprint density at radius 3 is 2.57 bits per heavy atom. The summed E-state index contributed by atoms with van der Waals surface area (Å²) in [6, 6.07) is 5.52. The lowest BCUT2D eigenvalue weighted by Gasteiger charge is -2.00. The van der Waals surface area contributed by atoms with Crippen LogP contribution in [0.25, 0.3) is 0 Å². The van der Waals surface area contributed by atoms with E-state index in [2.05, 4.69) is 0 Å². The summed E-state index contributed by atoms with van der Waals surface area (Å²) >= 11 is 5.52. The average molecular weight is 234 g/mol. The van der Waals surface area contributed by atoms with Crippen LogP contribution in [-0.4, -0.2) is 8.42 Å². The molecule has 6 heteroatoms. The maximum atomic E-state index is 12.5. The van der Waals surface area contributed by atoms with Crippen molar-refractivity contribution in [1.82, 2.24) is 0 Å². The Bertz CT molecular complexity index is 493. The third kappa shape index (κ3) is 2.44. The summed E-state index contributed by atoms with van der Waals surface area (Å²) < 4.78 is 33.5. The van der Waals surface area contributed by atoms with Gasteiger partial charge in [0.1, 0.15) is 4.90 Å². The van der Waals surface area contributed by atoms with E-state index < -0.39 is 15.1 Å². The maximum absolute atomic E-state index is 12.5. The monoisotopic (exact) mass is 233 g/mol. The van der Waals surface area contributed by atoms with Crippen LogP contribution in [0.1, 0.15) is 5.56 Å². The molecule has 0 fully saturated rings. The van der Waals surface area contributed by atoms with Crippen molar-refractivity contribution in [2.45, 2.75) is 11.3 Å². The van der Waals surface area contributed by atoms with Gasteiger partial charge in [0.15, 0.2) is 0 Å². The van der Waals surface area contributed by atoms with Gasteiger partial charge in [0.05, 0.1) is 17.5 Å². The third-order valence-corrected chi connectivity index (χ3v) is 2.85. The van der Waals surface area contributed by atoms with Gasteiger partial charge in [-0.05, 0) is 17.7 Å². The molecule has 0 aliphatic carbocycles. The minimum absolute atomic E-state index is 0.104. The van der Waals surface area contributed by atoms with Gasteiger partial charge in [-0.2, -0.15) is 13.7 Å². The molecule has 0 bridgehead atoms. The molecule has 1 rings (SSSR count). The number of nitrogens with zero attached hydrogens (tertiary/aromatic N) is 1. The molecule has 0 N–H and O–H groups in total. The van der Waals surface area contributed by atoms with Crippen LogP contribution in [0.5, 0.6) is 0 Å². The Hall–Kier alpha value is -1.12. The molecule has 1 aromatic carbocycles. The van der Waals surface area contributed by atoms with Crippen molar-refractivity contribution in [1.29, 1.82) is 5.26 Å². The molecule has 0 unspecified atom stereocenters. The Labute approximate surface area is 85.9 Å². The van der Waals surface area contributed by atoms with E-state index in [9.17, 15) is 12.3 Å². The van der Waals surface area contributed by atoms with E-state index in [1.807, 2.05) is 6.07 Å². The first-order chi connectivity index (χ1) is 6.45. The first kappa shape index (κ1) is 11.0. The van der Waals surface area contributed by atoms with Gasteiger partial charge in [-0.1, -0.05) is 17.7 Å². The van der Waals surface area contributed by atoms with Gasteiger partial charge in [0.25, 0.3) is 0 Å². The Morgan fingerprint density at radius 1 is 1.50 bits per heavy atom. The number of halogens is 2. The highest BCUT2D eigenvalue weighted by atomic mass is 35.5. The fraction of sp³-hybridized carbons (Fsp3) is 0.125. The predicted octanol–water partition coefficient (Wildman–Crippen LogP) is 2.06. The lowest BCUT2D eigenvalue weighted by atomic mass is 10.2. The fourth-order valence-corrected chi connectivity index (χ4v) is 1.95. The molecule has 0 atom stereocenters. The highest BCUT2D eigenvalue weighted by Gasteiger charge is 2.16. The zero-order chi connectivity index (χ0) is 10.8. The summed E-state index contributed by atoms with van der Waals surface area (Å²) in [6.45, 7) is 0. The van der Waals surface area contributed by atoms with Gasteiger partial charge in [0.2, 0.25) is 0 Å². The minimum Gasteiger partial charge on any atom is -0.198 e. The van der Waals surface area contributed by atoms with Gasteiger partial charge >= 0.3 is 10.2 Å². The van der Waals surface area contributed by atoms with Crippen LogP contribution < -0.4 is 0 Å². The summed E-state index contributed by atoms with van der Waals surface area (Å²) in [6.07, 6.45) is 0.104. The average Bonchev–Trinajstić information content (AvgIpc) is 2.02. The molecule has 0 aliphatic rings. The van der Waals surface area contributed by atoms with Crippen molar-refractivity contribution >= 4 is 21.8 Å². The van der Waals surface area contributed by atoms with Crippen molar-refractivity contribution in [3.63, 3.8) is 0 Å². The summed E-state index contributed by atoms with van der Waals surface area (Å²) in [5.74, 6) is 0. The van der Waals surface area contributed by atoms with Crippen molar-refractivity contribution in [2.24, 2.45) is 0 Å². The maximum Gasteiger partial charge on any atom is 0.333 e. The van der Waals surface area contributed by atoms with Crippen LogP contribution in [0.4, 0.5) is 3.89 Å². The van der Waals surface area contributed by atoms with Crippen LogP contribution in [-0.2, 0) is 16.6 Å². The number of nitriles is 1. The molecular weight excluding hydrogens is 229 g/mol. The van der Waals surface area contributed by atoms with E-state index in [1.54, 1.807) is 0 Å². The molecule has 0 heterocycles. The van der Waals surface area contributed by atoms with Crippen LogP contribution >= 0.6 is 11.6 Å². The number of benzene rings is 1. The van der Waals surface area contributed by atoms with E-state index in [-0.39, 0.29) is 11.4 Å². The lowest BCUT2D eigenvalue weighted by Crippen LogP contribution is -1.94. The van der Waals surface area contributed by atoms with Gasteiger partial charge < -0.3 is 0 Å². The first-order valence-corrected chi connectivity index (χ1v) is 5.31. The zero-order valence-corrected chi connectivity index (χ0v) is 8.44. The van der Waals surface area contributed by atoms with Crippen LogP contribution in [0.15, 0.2) is 23.1 Å². The van der Waals surface area contributed by atoms with Gasteiger partial charge in [0, 0.05) is 0 Å². The van der Waals surface area contributed by atoms with E-state index in [4.69, 9.17) is 16.9 Å². The molecule has 0 radical (unpaired) electrons. The van der Waals surface area contributed by atoms with Crippen molar-refractivity contribution in [3.8, 4) is 6.07 Å². The number of rotatable bonds is 2. The quantitative estimate of drug-likeness (QED) is 0.735. The molecule has 0 aliphatic heterocycles. The fourth-order valence-electron chi connectivity index (χ4n) is 0.943. The highest BCUT2D eigenvalue weighted by molar-refractivity contribution is 7.86. The van der Waals surface area contributed by atoms with E-state index in [1.165, 1.54) is 12.1 Å². The van der Waals surface area contributed by atoms with Crippen LogP contribution in [0.3, 0.4) is 0 Å². The lowest BCUT2D eigenvalue weighted by molar-refractivity contribution is 0.552. The Balaban J connectivity index is 3.23. The van der Waals surface area contributed by atoms with Crippen LogP contribution in [0.2, 0.25) is 5.02 Å². The minimum atomic E-state index is -4.78. The molecule has 3 nitrogen and oxygen atoms in total. The summed E-state index contributed by atoms with van der Waals surface area (Å²) in [4.78, 5) is -0.569. The molecule has 0 saturated heterocycles. The smallest absolute Gasteiger partial charge is 0.198 e. The molecule has 14 heavy (non-hydrogen) atoms. The highest BCUT2D eigenvalue weighted by Crippen LogP contribution is 2.24.